The third kappa shape index (κ3) is 4.81. The van der Waals surface area contributed by atoms with Crippen LogP contribution >= 0.6 is 23.1 Å². The summed E-state index contributed by atoms with van der Waals surface area (Å²) < 4.78 is 15.7. The standard InChI is InChI=1S/C24H20ClN5O5S/c1-12(31)20(24(32)33)26-10-14-11-27-23-21(28-14)22(30-36-23)29-16-4-2-3-15(19(16)25)13-5-6-17-18(9-13)35-8-7-34-17/h2-6,9-12,20,31H,7-8H2,1H3,(H,29,30)(H,32,33). The summed E-state index contributed by atoms with van der Waals surface area (Å²) >= 11 is 7.93. The molecule has 0 saturated heterocycles. The molecule has 1 aliphatic heterocycles. The average Bonchev–Trinajstić information content (AvgIpc) is 3.26. The first kappa shape index (κ1) is 23.9. The van der Waals surface area contributed by atoms with Crippen molar-refractivity contribution in [1.29, 1.82) is 0 Å². The van der Waals surface area contributed by atoms with Crippen LogP contribution in [-0.4, -0.2) is 62.1 Å². The Hall–Kier alpha value is -3.80. The Kier molecular flexibility index (Phi) is 6.68. The molecule has 184 valence electrons. The molecule has 3 N–H and O–H groups in total. The largest absolute Gasteiger partial charge is 0.486 e. The molecule has 1 aliphatic rings. The first-order chi connectivity index (χ1) is 17.4. The van der Waals surface area contributed by atoms with Crippen molar-refractivity contribution in [3.05, 3.63) is 53.3 Å². The maximum Gasteiger partial charge on any atom is 0.331 e. The molecule has 4 aromatic rings. The van der Waals surface area contributed by atoms with Crippen LogP contribution in [0.4, 0.5) is 11.5 Å². The van der Waals surface area contributed by atoms with Gasteiger partial charge in [0.2, 0.25) is 0 Å². The number of fused-ring (bicyclic) bond motifs is 2. The number of hydrogen-bond acceptors (Lipinski definition) is 10. The van der Waals surface area contributed by atoms with Gasteiger partial charge in [-0.25, -0.2) is 14.8 Å². The van der Waals surface area contributed by atoms with Gasteiger partial charge in [0.05, 0.1) is 23.0 Å². The quantitative estimate of drug-likeness (QED) is 0.303. The number of nitrogens with zero attached hydrogens (tertiary/aromatic N) is 4. The molecule has 2 unspecified atom stereocenters. The first-order valence-electron chi connectivity index (χ1n) is 10.9. The first-order valence-corrected chi connectivity index (χ1v) is 12.1. The maximum atomic E-state index is 11.3. The van der Waals surface area contributed by atoms with Crippen LogP contribution in [-0.2, 0) is 4.79 Å². The van der Waals surface area contributed by atoms with E-state index in [2.05, 4.69) is 24.7 Å². The summed E-state index contributed by atoms with van der Waals surface area (Å²) in [5.41, 5.74) is 3.11. The molecule has 2 aromatic heterocycles. The Morgan fingerprint density at radius 2 is 2.06 bits per heavy atom. The number of aliphatic hydroxyl groups is 1. The third-order valence-corrected chi connectivity index (χ3v) is 6.54. The molecule has 2 atom stereocenters. The van der Waals surface area contributed by atoms with Gasteiger partial charge in [-0.3, -0.25) is 4.99 Å². The number of aliphatic carboxylic acids is 1. The number of ether oxygens (including phenoxy) is 2. The lowest BCUT2D eigenvalue weighted by Gasteiger charge is -2.19. The Morgan fingerprint density at radius 3 is 2.83 bits per heavy atom. The molecule has 36 heavy (non-hydrogen) atoms. The number of nitrogens with one attached hydrogen (secondary N) is 1. The number of anilines is 2. The highest BCUT2D eigenvalue weighted by Crippen LogP contribution is 2.40. The van der Waals surface area contributed by atoms with Crippen molar-refractivity contribution >= 4 is 57.2 Å². The molecule has 0 saturated carbocycles. The third-order valence-electron chi connectivity index (χ3n) is 5.39. The van der Waals surface area contributed by atoms with Gasteiger partial charge in [0.15, 0.2) is 28.2 Å². The lowest BCUT2D eigenvalue weighted by atomic mass is 10.0. The van der Waals surface area contributed by atoms with E-state index in [-0.39, 0.29) is 0 Å². The summed E-state index contributed by atoms with van der Waals surface area (Å²) in [5.74, 6) is 0.584. The average molecular weight is 526 g/mol. The molecule has 12 heteroatoms. The summed E-state index contributed by atoms with van der Waals surface area (Å²) in [6.45, 7) is 2.37. The summed E-state index contributed by atoms with van der Waals surface area (Å²) in [6, 6.07) is 9.99. The summed E-state index contributed by atoms with van der Waals surface area (Å²) in [7, 11) is 0. The van der Waals surface area contributed by atoms with Crippen LogP contribution in [0.3, 0.4) is 0 Å². The van der Waals surface area contributed by atoms with Crippen molar-refractivity contribution in [1.82, 2.24) is 14.3 Å². The normalized spacial score (nSPS) is 14.6. The van der Waals surface area contributed by atoms with E-state index in [0.717, 1.165) is 22.7 Å². The van der Waals surface area contributed by atoms with Crippen LogP contribution < -0.4 is 14.8 Å². The van der Waals surface area contributed by atoms with Gasteiger partial charge in [0, 0.05) is 11.8 Å². The maximum absolute atomic E-state index is 11.3. The van der Waals surface area contributed by atoms with E-state index in [1.807, 2.05) is 36.4 Å². The zero-order chi connectivity index (χ0) is 25.2. The lowest BCUT2D eigenvalue weighted by molar-refractivity contribution is -0.140. The van der Waals surface area contributed by atoms with Crippen LogP contribution in [0.25, 0.3) is 21.5 Å². The molecule has 0 aliphatic carbocycles. The van der Waals surface area contributed by atoms with E-state index in [0.29, 0.717) is 57.3 Å². The monoisotopic (exact) mass is 525 g/mol. The number of carboxylic acid groups (broad SMARTS) is 1. The van der Waals surface area contributed by atoms with Crippen molar-refractivity contribution in [3.8, 4) is 22.6 Å². The van der Waals surface area contributed by atoms with Crippen molar-refractivity contribution in [2.24, 2.45) is 4.99 Å². The number of hydrogen-bond donors (Lipinski definition) is 3. The molecule has 0 fully saturated rings. The smallest absolute Gasteiger partial charge is 0.331 e. The van der Waals surface area contributed by atoms with Gasteiger partial charge in [0.1, 0.15) is 24.4 Å². The molecule has 0 amide bonds. The van der Waals surface area contributed by atoms with Crippen molar-refractivity contribution in [2.45, 2.75) is 19.1 Å². The SMILES string of the molecule is CC(O)C(N=Cc1cnc2snc(Nc3cccc(-c4ccc5c(c4)OCCO5)c3Cl)c2n1)C(=O)O. The molecule has 0 radical (unpaired) electrons. The topological polar surface area (TPSA) is 139 Å². The number of carbonyl (C=O) groups is 1. The van der Waals surface area contributed by atoms with E-state index in [1.54, 1.807) is 0 Å². The van der Waals surface area contributed by atoms with Gasteiger partial charge >= 0.3 is 5.97 Å². The Labute approximate surface area is 214 Å². The van der Waals surface area contributed by atoms with Gasteiger partial charge < -0.3 is 25.0 Å². The van der Waals surface area contributed by atoms with Gasteiger partial charge in [-0.1, -0.05) is 29.8 Å². The highest BCUT2D eigenvalue weighted by atomic mass is 35.5. The molecule has 0 spiro atoms. The lowest BCUT2D eigenvalue weighted by Crippen LogP contribution is -2.30. The minimum absolute atomic E-state index is 0.328. The number of rotatable bonds is 7. The number of aliphatic hydroxyl groups excluding tert-OH is 1. The summed E-state index contributed by atoms with van der Waals surface area (Å²) in [4.78, 5) is 24.6. The fourth-order valence-electron chi connectivity index (χ4n) is 3.63. The minimum Gasteiger partial charge on any atom is -0.486 e. The van der Waals surface area contributed by atoms with Crippen LogP contribution in [0.2, 0.25) is 5.02 Å². The van der Waals surface area contributed by atoms with Crippen LogP contribution in [0, 0.1) is 0 Å². The van der Waals surface area contributed by atoms with Gasteiger partial charge in [0.25, 0.3) is 0 Å². The van der Waals surface area contributed by atoms with E-state index in [1.165, 1.54) is 19.3 Å². The second kappa shape index (κ2) is 10.1. The molecule has 5 rings (SSSR count). The minimum atomic E-state index is -1.30. The Balaban J connectivity index is 1.44. The number of halogens is 1. The fourth-order valence-corrected chi connectivity index (χ4v) is 4.55. The molecule has 0 bridgehead atoms. The van der Waals surface area contributed by atoms with Crippen LogP contribution in [0.5, 0.6) is 11.5 Å². The van der Waals surface area contributed by atoms with E-state index < -0.39 is 18.1 Å². The van der Waals surface area contributed by atoms with Gasteiger partial charge in [-0.15, -0.1) is 0 Å². The zero-order valence-electron chi connectivity index (χ0n) is 18.9. The highest BCUT2D eigenvalue weighted by Gasteiger charge is 2.21. The molecule has 3 heterocycles. The number of benzene rings is 2. The molecular weight excluding hydrogens is 506 g/mol. The Morgan fingerprint density at radius 1 is 1.25 bits per heavy atom. The molecular formula is C24H20ClN5O5S. The highest BCUT2D eigenvalue weighted by molar-refractivity contribution is 7.13. The second-order valence-corrected chi connectivity index (χ2v) is 9.06. The summed E-state index contributed by atoms with van der Waals surface area (Å²) in [5, 5.41) is 22.5. The van der Waals surface area contributed by atoms with E-state index in [4.69, 9.17) is 21.1 Å². The summed E-state index contributed by atoms with van der Waals surface area (Å²) in [6.07, 6.45) is 1.58. The Bertz CT molecular complexity index is 1470. The number of aliphatic imine (C=N–C) groups is 1. The van der Waals surface area contributed by atoms with E-state index >= 15 is 0 Å². The van der Waals surface area contributed by atoms with E-state index in [9.17, 15) is 15.0 Å². The van der Waals surface area contributed by atoms with Crippen molar-refractivity contribution in [2.75, 3.05) is 18.5 Å². The van der Waals surface area contributed by atoms with Crippen LogP contribution in [0.15, 0.2) is 47.6 Å². The van der Waals surface area contributed by atoms with Crippen LogP contribution in [0.1, 0.15) is 12.6 Å². The number of aromatic nitrogens is 3. The molecule has 10 nitrogen and oxygen atoms in total. The van der Waals surface area contributed by atoms with Gasteiger partial charge in [-0.2, -0.15) is 4.37 Å². The predicted octanol–water partition coefficient (Wildman–Crippen LogP) is 4.17. The van der Waals surface area contributed by atoms with Crippen molar-refractivity contribution in [3.63, 3.8) is 0 Å². The van der Waals surface area contributed by atoms with Crippen molar-refractivity contribution < 1.29 is 24.5 Å². The zero-order valence-corrected chi connectivity index (χ0v) is 20.5. The van der Waals surface area contributed by atoms with Gasteiger partial charge in [-0.05, 0) is 42.2 Å². The number of carboxylic acids is 1. The predicted molar refractivity (Wildman–Crippen MR) is 137 cm³/mol. The molecule has 2 aromatic carbocycles. The second-order valence-electron chi connectivity index (χ2n) is 7.93. The fraction of sp³-hybridized carbons (Fsp3) is 0.208.